The number of aromatic nitrogens is 2. The van der Waals surface area contributed by atoms with Gasteiger partial charge in [-0.05, 0) is 51.0 Å². The van der Waals surface area contributed by atoms with Crippen LogP contribution in [0.15, 0.2) is 103 Å². The Labute approximate surface area is 334 Å². The number of carbonyl (C=O) groups is 2. The predicted molar refractivity (Wildman–Crippen MR) is 213 cm³/mol. The van der Waals surface area contributed by atoms with Crippen molar-refractivity contribution in [2.24, 2.45) is 0 Å². The smallest absolute Gasteiger partial charge is 0 e. The van der Waals surface area contributed by atoms with E-state index in [1.165, 1.54) is 37.1 Å². The number of hydrogen-bond donors (Lipinski definition) is 2. The molecule has 0 saturated carbocycles. The first-order valence-corrected chi connectivity index (χ1v) is 25.2. The molecule has 8 nitrogen and oxygen atoms in total. The quantitative estimate of drug-likeness (QED) is 0.0702. The summed E-state index contributed by atoms with van der Waals surface area (Å²) in [5, 5.41) is 19.3. The van der Waals surface area contributed by atoms with Crippen molar-refractivity contribution in [1.82, 2.24) is 9.97 Å². The van der Waals surface area contributed by atoms with E-state index in [1.807, 2.05) is 36.7 Å². The van der Waals surface area contributed by atoms with Gasteiger partial charge in [-0.3, -0.25) is 4.89 Å². The van der Waals surface area contributed by atoms with Crippen LogP contribution in [0, 0.1) is 19.1 Å². The number of pyridine rings is 2. The third-order valence-electron chi connectivity index (χ3n) is 9.01. The summed E-state index contributed by atoms with van der Waals surface area (Å²) in [7, 11) is 0. The van der Waals surface area contributed by atoms with E-state index >= 15 is 0 Å². The van der Waals surface area contributed by atoms with Gasteiger partial charge in [-0.1, -0.05) is 61.2 Å². The first kappa shape index (κ1) is 40.6. The van der Waals surface area contributed by atoms with Crippen molar-refractivity contribution >= 4 is 61.1 Å². The molecule has 0 aliphatic heterocycles. The molecule has 0 aliphatic rings. The maximum atomic E-state index is 11.5. The molecule has 0 aliphatic carbocycles. The summed E-state index contributed by atoms with van der Waals surface area (Å²) in [6.07, 6.45) is 3.84. The van der Waals surface area contributed by atoms with Crippen molar-refractivity contribution in [3.05, 3.63) is 138 Å². The Kier molecular flexibility index (Phi) is 13.0. The number of benzene rings is 4. The summed E-state index contributed by atoms with van der Waals surface area (Å²) in [5.41, 5.74) is 8.70. The van der Waals surface area contributed by atoms with Crippen LogP contribution in [-0.2, 0) is 29.9 Å². The van der Waals surface area contributed by atoms with Crippen LogP contribution in [0.2, 0.25) is 17.3 Å². The van der Waals surface area contributed by atoms with E-state index in [0.29, 0.717) is 11.5 Å². The largest absolute Gasteiger partial charge is 0 e. The van der Waals surface area contributed by atoms with Gasteiger partial charge in [-0.2, -0.15) is 16.6 Å². The molecule has 0 fully saturated rings. The zero-order valence-corrected chi connectivity index (χ0v) is 35.9. The molecule has 2 N–H and O–H groups in total. The number of nitrogens with zero attached hydrogens (tertiary/aromatic N) is 2. The van der Waals surface area contributed by atoms with Crippen molar-refractivity contribution in [1.29, 1.82) is 0 Å². The van der Waals surface area contributed by atoms with E-state index < -0.39 is 25.2 Å². The van der Waals surface area contributed by atoms with Crippen LogP contribution in [0.5, 0.6) is 0 Å². The molecule has 11 heteroatoms. The molecule has 0 spiro atoms. The normalized spacial score (nSPS) is 11.1. The summed E-state index contributed by atoms with van der Waals surface area (Å²) in [6, 6.07) is 34.9. The summed E-state index contributed by atoms with van der Waals surface area (Å²) >= 11 is -0.166. The topological polar surface area (TPSA) is 119 Å². The zero-order valence-electron chi connectivity index (χ0n) is 30.6. The Hall–Kier alpha value is -4.55. The van der Waals surface area contributed by atoms with Gasteiger partial charge < -0.3 is 4.98 Å². The first-order chi connectivity index (χ1) is 25.4. The van der Waals surface area contributed by atoms with Crippen LogP contribution in [0.4, 0.5) is 0 Å². The van der Waals surface area contributed by atoms with Crippen molar-refractivity contribution in [3.63, 3.8) is 0 Å². The molecular formula is C43H38GeIrN2O6S-2. The van der Waals surface area contributed by atoms with E-state index in [1.54, 1.807) is 35.6 Å². The van der Waals surface area contributed by atoms with Crippen LogP contribution < -0.4 is 4.40 Å². The minimum Gasteiger partial charge on any atom is 0 e. The second-order valence-electron chi connectivity index (χ2n) is 14.0. The third-order valence-corrected chi connectivity index (χ3v) is 14.8. The van der Waals surface area contributed by atoms with E-state index in [4.69, 9.17) is 10.5 Å². The van der Waals surface area contributed by atoms with Crippen LogP contribution in [-0.4, -0.2) is 45.7 Å². The van der Waals surface area contributed by atoms with Gasteiger partial charge in [0, 0.05) is 31.0 Å². The molecule has 0 unspecified atom stereocenters. The van der Waals surface area contributed by atoms with Gasteiger partial charge in [0.1, 0.15) is 0 Å². The maximum absolute atomic E-state index is 11.5. The fraction of sp³-hybridized carbons (Fsp3) is 0.163. The number of carbonyl (C=O) groups excluding carboxylic acids is 2. The summed E-state index contributed by atoms with van der Waals surface area (Å²) in [6.45, 7) is 6.47. The SMILES string of the molecule is CC(C)c1ccnc(-c2[c-]ccc3c2sc2c(-c4ccc(C(=O)OO)cc4)cccc23)c1.Cc1cc(-c2[c-]cc(C(=O)OO)cc2)nc[c]1[Ge]([CH3])([CH3])[CH3].[Ir]. The van der Waals surface area contributed by atoms with Crippen molar-refractivity contribution in [3.8, 4) is 33.6 Å². The molecule has 0 saturated heterocycles. The monoisotopic (exact) mass is 977 g/mol. The van der Waals surface area contributed by atoms with Gasteiger partial charge in [0.25, 0.3) is 0 Å². The third kappa shape index (κ3) is 8.71. The van der Waals surface area contributed by atoms with E-state index in [-0.39, 0.29) is 25.7 Å². The summed E-state index contributed by atoms with van der Waals surface area (Å²) in [5.74, 6) is 5.88. The Morgan fingerprint density at radius 3 is 2.11 bits per heavy atom. The number of hydrogen-bond acceptors (Lipinski definition) is 9. The summed E-state index contributed by atoms with van der Waals surface area (Å²) in [4.78, 5) is 39.4. The van der Waals surface area contributed by atoms with Crippen molar-refractivity contribution in [2.75, 3.05) is 0 Å². The molecular weight excluding hydrogens is 937 g/mol. The van der Waals surface area contributed by atoms with Crippen LogP contribution in [0.1, 0.15) is 51.6 Å². The Bertz CT molecular complexity index is 2440. The number of fused-ring (bicyclic) bond motifs is 3. The number of thiophene rings is 1. The minimum absolute atomic E-state index is 0. The van der Waals surface area contributed by atoms with Crippen molar-refractivity contribution in [2.45, 2.75) is 44.0 Å². The standard InChI is InChI=1S/C27H20NO3S.C16H18GeNO3.Ir/c1-16(2)19-13-14-28-24(15-19)23-8-4-7-22-21-6-3-5-20(25(21)32-26(22)23)17-9-11-18(12-10-17)27(29)31-30;1-11-9-15(18-10-14(11)17(2,3)4)12-5-7-13(8-6-12)16(19)21-20;/h3-7,9-16,30H,1-2H3;5,7-10,20H,1-4H3;/q2*-1;. The minimum atomic E-state index is -1.90. The molecule has 1 radical (unpaired) electrons. The van der Waals surface area contributed by atoms with Gasteiger partial charge in [0.2, 0.25) is 0 Å². The Morgan fingerprint density at radius 1 is 0.796 bits per heavy atom. The zero-order chi connectivity index (χ0) is 37.9. The van der Waals surface area contributed by atoms with Gasteiger partial charge >= 0.3 is 133 Å². The van der Waals surface area contributed by atoms with Crippen molar-refractivity contribution < 1.29 is 50.0 Å². The molecule has 0 bridgehead atoms. The molecule has 7 rings (SSSR count). The molecule has 0 atom stereocenters. The van der Waals surface area contributed by atoms with Gasteiger partial charge in [-0.25, -0.2) is 4.79 Å². The number of aryl methyl sites for hydroxylation is 1. The van der Waals surface area contributed by atoms with Gasteiger partial charge in [-0.15, -0.1) is 23.8 Å². The fourth-order valence-electron chi connectivity index (χ4n) is 6.21. The molecule has 3 aromatic heterocycles. The van der Waals surface area contributed by atoms with Crippen LogP contribution >= 0.6 is 11.3 Å². The van der Waals surface area contributed by atoms with E-state index in [0.717, 1.165) is 38.3 Å². The predicted octanol–water partition coefficient (Wildman–Crippen LogP) is 10.4. The average molecular weight is 976 g/mol. The van der Waals surface area contributed by atoms with E-state index in [9.17, 15) is 9.59 Å². The maximum Gasteiger partial charge on any atom is 0 e. The van der Waals surface area contributed by atoms with Crippen LogP contribution in [0.25, 0.3) is 53.8 Å². The Morgan fingerprint density at radius 2 is 1.48 bits per heavy atom. The molecule has 4 aromatic carbocycles. The fourth-order valence-corrected chi connectivity index (χ4v) is 11.1. The van der Waals surface area contributed by atoms with E-state index in [2.05, 4.69) is 106 Å². The second-order valence-corrected chi connectivity index (χ2v) is 25.6. The van der Waals surface area contributed by atoms with Crippen LogP contribution in [0.3, 0.4) is 0 Å². The Balaban J connectivity index is 0.000000223. The summed E-state index contributed by atoms with van der Waals surface area (Å²) < 4.78 is 3.71. The van der Waals surface area contributed by atoms with Gasteiger partial charge in [0.05, 0.1) is 5.56 Å². The molecule has 54 heavy (non-hydrogen) atoms. The van der Waals surface area contributed by atoms with Gasteiger partial charge in [0.15, 0.2) is 0 Å². The second kappa shape index (κ2) is 17.3. The number of rotatable bonds is 7. The molecule has 0 amide bonds. The first-order valence-electron chi connectivity index (χ1n) is 17.0. The molecule has 7 aromatic rings. The average Bonchev–Trinajstić information content (AvgIpc) is 3.56. The molecule has 3 heterocycles. The molecule has 277 valence electrons.